The van der Waals surface area contributed by atoms with E-state index < -0.39 is 5.60 Å². The standard InChI is InChI=1S/C21H27FN2O3/c1-21(2)12-17(25)11-19(27-21)20(26)23(3)16-8-6-10-24(14-16)13-15-7-4-5-9-18(15)22/h4-5,7,9,11,16H,6,8,10,12-14H2,1-3H3. The number of hydrogen-bond acceptors (Lipinski definition) is 4. The van der Waals surface area contributed by atoms with E-state index in [9.17, 15) is 14.0 Å². The zero-order valence-corrected chi connectivity index (χ0v) is 16.2. The molecule has 3 rings (SSSR count). The van der Waals surface area contributed by atoms with Crippen molar-refractivity contribution >= 4 is 11.7 Å². The van der Waals surface area contributed by atoms with Gasteiger partial charge in [-0.3, -0.25) is 14.5 Å². The van der Waals surface area contributed by atoms with Crippen molar-refractivity contribution in [2.75, 3.05) is 20.1 Å². The zero-order chi connectivity index (χ0) is 19.6. The third kappa shape index (κ3) is 4.75. The van der Waals surface area contributed by atoms with Crippen LogP contribution in [0.5, 0.6) is 0 Å². The number of hydrogen-bond donors (Lipinski definition) is 0. The van der Waals surface area contributed by atoms with Crippen LogP contribution in [-0.2, 0) is 20.9 Å². The lowest BCUT2D eigenvalue weighted by Gasteiger charge is -2.39. The maximum Gasteiger partial charge on any atom is 0.289 e. The molecule has 0 aliphatic carbocycles. The molecule has 6 heteroatoms. The first-order valence-corrected chi connectivity index (χ1v) is 9.42. The molecule has 1 amide bonds. The van der Waals surface area contributed by atoms with Gasteiger partial charge >= 0.3 is 0 Å². The maximum atomic E-state index is 13.9. The molecule has 146 valence electrons. The van der Waals surface area contributed by atoms with Crippen molar-refractivity contribution in [2.45, 2.75) is 51.3 Å². The molecule has 0 N–H and O–H groups in total. The summed E-state index contributed by atoms with van der Waals surface area (Å²) in [4.78, 5) is 28.6. The van der Waals surface area contributed by atoms with Gasteiger partial charge in [0, 0.05) is 44.2 Å². The summed E-state index contributed by atoms with van der Waals surface area (Å²) in [6.45, 7) is 5.68. The first-order chi connectivity index (χ1) is 12.7. The average molecular weight is 374 g/mol. The van der Waals surface area contributed by atoms with E-state index in [0.29, 0.717) is 18.7 Å². The smallest absolute Gasteiger partial charge is 0.289 e. The van der Waals surface area contributed by atoms with Gasteiger partial charge in [0.2, 0.25) is 0 Å². The second-order valence-corrected chi connectivity index (χ2v) is 8.05. The van der Waals surface area contributed by atoms with Gasteiger partial charge in [0.1, 0.15) is 11.4 Å². The molecule has 0 aromatic heterocycles. The van der Waals surface area contributed by atoms with Crippen molar-refractivity contribution < 1.29 is 18.7 Å². The summed E-state index contributed by atoms with van der Waals surface area (Å²) in [7, 11) is 1.75. The van der Waals surface area contributed by atoms with E-state index in [2.05, 4.69) is 4.90 Å². The fourth-order valence-corrected chi connectivity index (χ4v) is 3.78. The molecule has 5 nitrogen and oxygen atoms in total. The molecule has 1 saturated heterocycles. The lowest BCUT2D eigenvalue weighted by Crippen LogP contribution is -2.49. The largest absolute Gasteiger partial charge is 0.481 e. The number of likely N-dealkylation sites (tertiary alicyclic amines) is 1. The van der Waals surface area contributed by atoms with Crippen LogP contribution in [0.2, 0.25) is 0 Å². The van der Waals surface area contributed by atoms with Gasteiger partial charge in [0.05, 0.1) is 0 Å². The van der Waals surface area contributed by atoms with Crippen LogP contribution >= 0.6 is 0 Å². The number of benzene rings is 1. The molecule has 2 heterocycles. The maximum absolute atomic E-state index is 13.9. The predicted octanol–water partition coefficient (Wildman–Crippen LogP) is 2.90. The highest BCUT2D eigenvalue weighted by atomic mass is 19.1. The molecule has 1 aromatic carbocycles. The number of carbonyl (C=O) groups is 2. The van der Waals surface area contributed by atoms with Crippen molar-refractivity contribution in [3.63, 3.8) is 0 Å². The van der Waals surface area contributed by atoms with E-state index in [-0.39, 0.29) is 35.7 Å². The molecule has 0 spiro atoms. The Morgan fingerprint density at radius 1 is 1.37 bits per heavy atom. The number of rotatable bonds is 4. The molecular formula is C21H27FN2O3. The first kappa shape index (κ1) is 19.5. The number of piperidine rings is 1. The molecule has 1 aromatic rings. The highest BCUT2D eigenvalue weighted by Crippen LogP contribution is 2.27. The molecule has 0 bridgehead atoms. The van der Waals surface area contributed by atoms with E-state index in [1.165, 1.54) is 12.1 Å². The van der Waals surface area contributed by atoms with E-state index in [1.807, 2.05) is 19.9 Å². The zero-order valence-electron chi connectivity index (χ0n) is 16.2. The number of halogens is 1. The highest BCUT2D eigenvalue weighted by molar-refractivity contribution is 6.01. The van der Waals surface area contributed by atoms with Crippen molar-refractivity contribution in [1.82, 2.24) is 9.80 Å². The number of amides is 1. The second kappa shape index (κ2) is 7.80. The van der Waals surface area contributed by atoms with Crippen LogP contribution in [0.25, 0.3) is 0 Å². The molecule has 27 heavy (non-hydrogen) atoms. The molecular weight excluding hydrogens is 347 g/mol. The molecule has 1 fully saturated rings. The van der Waals surface area contributed by atoms with E-state index in [1.54, 1.807) is 24.1 Å². The number of nitrogens with zero attached hydrogens (tertiary/aromatic N) is 2. The third-order valence-electron chi connectivity index (χ3n) is 5.19. The Labute approximate surface area is 159 Å². The number of ketones is 1. The monoisotopic (exact) mass is 374 g/mol. The van der Waals surface area contributed by atoms with Gasteiger partial charge in [-0.05, 0) is 39.3 Å². The van der Waals surface area contributed by atoms with Gasteiger partial charge < -0.3 is 9.64 Å². The second-order valence-electron chi connectivity index (χ2n) is 8.05. The predicted molar refractivity (Wildman–Crippen MR) is 100 cm³/mol. The Morgan fingerprint density at radius 3 is 2.81 bits per heavy atom. The molecule has 2 aliphatic heterocycles. The molecule has 1 atom stereocenters. The van der Waals surface area contributed by atoms with Gasteiger partial charge in [-0.1, -0.05) is 18.2 Å². The van der Waals surface area contributed by atoms with E-state index in [4.69, 9.17) is 4.74 Å². The summed E-state index contributed by atoms with van der Waals surface area (Å²) in [5.74, 6) is -0.447. The number of carbonyl (C=O) groups excluding carboxylic acids is 2. The van der Waals surface area contributed by atoms with Crippen molar-refractivity contribution in [1.29, 1.82) is 0 Å². The highest BCUT2D eigenvalue weighted by Gasteiger charge is 2.35. The topological polar surface area (TPSA) is 49.9 Å². The molecule has 0 saturated carbocycles. The molecule has 2 aliphatic rings. The molecule has 0 radical (unpaired) electrons. The van der Waals surface area contributed by atoms with Gasteiger partial charge in [-0.15, -0.1) is 0 Å². The van der Waals surface area contributed by atoms with Crippen LogP contribution in [-0.4, -0.2) is 53.3 Å². The van der Waals surface area contributed by atoms with Crippen LogP contribution in [0.1, 0.15) is 38.7 Å². The van der Waals surface area contributed by atoms with Gasteiger partial charge in [0.25, 0.3) is 5.91 Å². The Balaban J connectivity index is 1.66. The SMILES string of the molecule is CN(C(=O)C1=CC(=O)CC(C)(C)O1)C1CCCN(Cc2ccccc2F)C1. The summed E-state index contributed by atoms with van der Waals surface area (Å²) in [5.41, 5.74) is -0.000945. The van der Waals surface area contributed by atoms with E-state index in [0.717, 1.165) is 19.4 Å². The fraction of sp³-hybridized carbons (Fsp3) is 0.524. The minimum absolute atomic E-state index is 0.00247. The van der Waals surface area contributed by atoms with Crippen LogP contribution in [0, 0.1) is 5.82 Å². The minimum Gasteiger partial charge on any atom is -0.481 e. The summed E-state index contributed by atoms with van der Waals surface area (Å²) >= 11 is 0. The van der Waals surface area contributed by atoms with E-state index >= 15 is 0 Å². The summed E-state index contributed by atoms with van der Waals surface area (Å²) in [5, 5.41) is 0. The fourth-order valence-electron chi connectivity index (χ4n) is 3.78. The molecule has 1 unspecified atom stereocenters. The van der Waals surface area contributed by atoms with Gasteiger partial charge in [0.15, 0.2) is 11.5 Å². The van der Waals surface area contributed by atoms with Crippen LogP contribution < -0.4 is 0 Å². The Kier molecular flexibility index (Phi) is 5.65. The lowest BCUT2D eigenvalue weighted by molar-refractivity contribution is -0.139. The number of ether oxygens (including phenoxy) is 1. The van der Waals surface area contributed by atoms with Gasteiger partial charge in [-0.2, -0.15) is 0 Å². The number of likely N-dealkylation sites (N-methyl/N-ethyl adjacent to an activating group) is 1. The normalized spacial score (nSPS) is 22.7. The van der Waals surface area contributed by atoms with Crippen LogP contribution in [0.4, 0.5) is 4.39 Å². The van der Waals surface area contributed by atoms with Crippen molar-refractivity contribution in [2.24, 2.45) is 0 Å². The Morgan fingerprint density at radius 2 is 2.11 bits per heavy atom. The Bertz CT molecular complexity index is 760. The van der Waals surface area contributed by atoms with Crippen molar-refractivity contribution in [3.8, 4) is 0 Å². The summed E-state index contributed by atoms with van der Waals surface area (Å²) in [6, 6.07) is 6.79. The van der Waals surface area contributed by atoms with Gasteiger partial charge in [-0.25, -0.2) is 4.39 Å². The minimum atomic E-state index is -0.666. The first-order valence-electron chi connectivity index (χ1n) is 9.42. The quantitative estimate of drug-likeness (QED) is 0.813. The summed E-state index contributed by atoms with van der Waals surface area (Å²) < 4.78 is 19.7. The lowest BCUT2D eigenvalue weighted by atomic mass is 9.98. The van der Waals surface area contributed by atoms with Crippen LogP contribution in [0.3, 0.4) is 0 Å². The van der Waals surface area contributed by atoms with Crippen molar-refractivity contribution in [3.05, 3.63) is 47.5 Å². The third-order valence-corrected chi connectivity index (χ3v) is 5.19. The number of allylic oxidation sites excluding steroid dienone is 1. The van der Waals surface area contributed by atoms with Crippen LogP contribution in [0.15, 0.2) is 36.1 Å². The average Bonchev–Trinajstić information content (AvgIpc) is 2.61. The Hall–Kier alpha value is -2.21. The summed E-state index contributed by atoms with van der Waals surface area (Å²) in [6.07, 6.45) is 3.39.